The molecule has 5 nitrogen and oxygen atoms in total. The van der Waals surface area contributed by atoms with Gasteiger partial charge in [0.05, 0.1) is 11.4 Å². The molecule has 0 bridgehead atoms. The third kappa shape index (κ3) is 2.92. The normalized spacial score (nSPS) is 11.5. The summed E-state index contributed by atoms with van der Waals surface area (Å²) in [6.07, 6.45) is 0. The van der Waals surface area contributed by atoms with E-state index in [9.17, 15) is 8.42 Å². The number of rotatable bonds is 2. The van der Waals surface area contributed by atoms with Crippen LogP contribution < -0.4 is 11.5 Å². The Morgan fingerprint density at radius 1 is 1.23 bits per heavy atom. The molecule has 0 saturated heterocycles. The van der Waals surface area contributed by atoms with Crippen molar-refractivity contribution < 1.29 is 13.0 Å². The summed E-state index contributed by atoms with van der Waals surface area (Å²) in [7, 11) is -4.00. The molecule has 6 heteroatoms. The molecule has 0 atom stereocenters. The number of nitrogen functional groups attached to an aromatic ring is 2. The van der Waals surface area contributed by atoms with E-state index in [0.29, 0.717) is 16.9 Å². The second-order valence-corrected chi connectivity index (χ2v) is 4.14. The van der Waals surface area contributed by atoms with E-state index in [-0.39, 0.29) is 0 Å². The average Bonchev–Trinajstić information content (AvgIpc) is 1.94. The Hall–Kier alpha value is -1.27. The smallest absolute Gasteiger partial charge is 0.269 e. The summed E-state index contributed by atoms with van der Waals surface area (Å²) in [4.78, 5) is 0. The summed E-state index contributed by atoms with van der Waals surface area (Å²) in [6, 6.07) is 4.42. The van der Waals surface area contributed by atoms with Crippen LogP contribution in [0.5, 0.6) is 0 Å². The van der Waals surface area contributed by atoms with Crippen molar-refractivity contribution in [3.63, 3.8) is 0 Å². The van der Waals surface area contributed by atoms with Crippen molar-refractivity contribution in [1.82, 2.24) is 0 Å². The van der Waals surface area contributed by atoms with Gasteiger partial charge in [0.1, 0.15) is 5.75 Å². The van der Waals surface area contributed by atoms with Crippen LogP contribution in [0, 0.1) is 0 Å². The predicted octanol–water partition coefficient (Wildman–Crippen LogP) is 0.239. The van der Waals surface area contributed by atoms with E-state index in [1.54, 1.807) is 0 Å². The fourth-order valence-electron chi connectivity index (χ4n) is 0.925. The van der Waals surface area contributed by atoms with Crippen molar-refractivity contribution in [1.29, 1.82) is 0 Å². The lowest BCUT2D eigenvalue weighted by molar-refractivity contribution is 0.482. The molecule has 0 spiro atoms. The largest absolute Gasteiger partial charge is 0.397 e. The SMILES string of the molecule is Nc1ccc(CS(=O)(=O)O)cc1N. The van der Waals surface area contributed by atoms with Crippen molar-refractivity contribution in [3.05, 3.63) is 23.8 Å². The van der Waals surface area contributed by atoms with Gasteiger partial charge in [-0.1, -0.05) is 6.07 Å². The Labute approximate surface area is 76.1 Å². The fraction of sp³-hybridized carbons (Fsp3) is 0.143. The van der Waals surface area contributed by atoms with E-state index in [1.807, 2.05) is 0 Å². The molecule has 72 valence electrons. The first-order valence-electron chi connectivity index (χ1n) is 3.47. The van der Waals surface area contributed by atoms with E-state index in [4.69, 9.17) is 16.0 Å². The maximum atomic E-state index is 10.5. The van der Waals surface area contributed by atoms with Crippen LogP contribution in [-0.2, 0) is 15.9 Å². The molecule has 0 unspecified atom stereocenters. The standard InChI is InChI=1S/C7H10N2O3S/c8-6-2-1-5(3-7(6)9)4-13(10,11)12/h1-3H,4,8-9H2,(H,10,11,12). The van der Waals surface area contributed by atoms with Gasteiger partial charge >= 0.3 is 0 Å². The molecule has 1 aromatic carbocycles. The first kappa shape index (κ1) is 9.82. The molecule has 0 aliphatic heterocycles. The van der Waals surface area contributed by atoms with Gasteiger partial charge in [-0.25, -0.2) is 0 Å². The van der Waals surface area contributed by atoms with Crippen LogP contribution in [0.1, 0.15) is 5.56 Å². The molecule has 1 rings (SSSR count). The average molecular weight is 202 g/mol. The summed E-state index contributed by atoms with van der Waals surface area (Å²) in [6.45, 7) is 0. The molecule has 0 aromatic heterocycles. The summed E-state index contributed by atoms with van der Waals surface area (Å²) in [5.74, 6) is -0.447. The van der Waals surface area contributed by atoms with Crippen LogP contribution >= 0.6 is 0 Å². The molecule has 0 fully saturated rings. The minimum absolute atomic E-state index is 0.307. The zero-order chi connectivity index (χ0) is 10.1. The number of benzene rings is 1. The minimum atomic E-state index is -4.00. The van der Waals surface area contributed by atoms with Crippen molar-refractivity contribution in [2.75, 3.05) is 11.5 Å². The van der Waals surface area contributed by atoms with Crippen LogP contribution in [-0.4, -0.2) is 13.0 Å². The lowest BCUT2D eigenvalue weighted by Crippen LogP contribution is -2.03. The number of hydrogen-bond acceptors (Lipinski definition) is 4. The molecule has 5 N–H and O–H groups in total. The van der Waals surface area contributed by atoms with Gasteiger partial charge in [-0.15, -0.1) is 0 Å². The summed E-state index contributed by atoms with van der Waals surface area (Å²) >= 11 is 0. The molecule has 0 saturated carbocycles. The third-order valence-electron chi connectivity index (χ3n) is 1.50. The Morgan fingerprint density at radius 3 is 2.31 bits per heavy atom. The Kier molecular flexibility index (Phi) is 2.44. The maximum absolute atomic E-state index is 10.5. The second kappa shape index (κ2) is 3.23. The highest BCUT2D eigenvalue weighted by atomic mass is 32.2. The lowest BCUT2D eigenvalue weighted by Gasteiger charge is -2.02. The first-order valence-corrected chi connectivity index (χ1v) is 5.08. The summed E-state index contributed by atoms with van der Waals surface area (Å²) < 4.78 is 29.5. The molecular weight excluding hydrogens is 192 g/mol. The monoisotopic (exact) mass is 202 g/mol. The van der Waals surface area contributed by atoms with Crippen LogP contribution in [0.4, 0.5) is 11.4 Å². The number of nitrogens with two attached hydrogens (primary N) is 2. The van der Waals surface area contributed by atoms with E-state index < -0.39 is 15.9 Å². The van der Waals surface area contributed by atoms with Crippen molar-refractivity contribution in [3.8, 4) is 0 Å². The van der Waals surface area contributed by atoms with Gasteiger partial charge in [0.2, 0.25) is 0 Å². The van der Waals surface area contributed by atoms with Gasteiger partial charge in [-0.05, 0) is 17.7 Å². The van der Waals surface area contributed by atoms with E-state index in [1.165, 1.54) is 18.2 Å². The zero-order valence-corrected chi connectivity index (χ0v) is 7.58. The quantitative estimate of drug-likeness (QED) is 0.470. The van der Waals surface area contributed by atoms with Crippen molar-refractivity contribution in [2.45, 2.75) is 5.75 Å². The Balaban J connectivity index is 2.99. The summed E-state index contributed by atoms with van der Waals surface area (Å²) in [5, 5.41) is 0. The second-order valence-electron chi connectivity index (χ2n) is 2.69. The van der Waals surface area contributed by atoms with Gasteiger partial charge in [-0.3, -0.25) is 4.55 Å². The highest BCUT2D eigenvalue weighted by Gasteiger charge is 2.07. The van der Waals surface area contributed by atoms with E-state index in [0.717, 1.165) is 0 Å². The van der Waals surface area contributed by atoms with Crippen molar-refractivity contribution >= 4 is 21.5 Å². The molecule has 0 heterocycles. The van der Waals surface area contributed by atoms with Gasteiger partial charge in [0.15, 0.2) is 0 Å². The van der Waals surface area contributed by atoms with Gasteiger partial charge in [-0.2, -0.15) is 8.42 Å². The molecule has 0 aliphatic rings. The van der Waals surface area contributed by atoms with Gasteiger partial charge < -0.3 is 11.5 Å². The van der Waals surface area contributed by atoms with Crippen LogP contribution in [0.15, 0.2) is 18.2 Å². The molecule has 13 heavy (non-hydrogen) atoms. The van der Waals surface area contributed by atoms with Gasteiger partial charge in [0, 0.05) is 0 Å². The Bertz CT molecular complexity index is 414. The molecular formula is C7H10N2O3S. The molecule has 0 amide bonds. The lowest BCUT2D eigenvalue weighted by atomic mass is 10.2. The maximum Gasteiger partial charge on any atom is 0.269 e. The number of hydrogen-bond donors (Lipinski definition) is 3. The van der Waals surface area contributed by atoms with E-state index >= 15 is 0 Å². The molecule has 0 aliphatic carbocycles. The third-order valence-corrected chi connectivity index (χ3v) is 2.20. The molecule has 0 radical (unpaired) electrons. The topological polar surface area (TPSA) is 106 Å². The Morgan fingerprint density at radius 2 is 1.85 bits per heavy atom. The first-order chi connectivity index (χ1) is 5.88. The minimum Gasteiger partial charge on any atom is -0.397 e. The van der Waals surface area contributed by atoms with Crippen molar-refractivity contribution in [2.24, 2.45) is 0 Å². The van der Waals surface area contributed by atoms with Crippen LogP contribution in [0.2, 0.25) is 0 Å². The highest BCUT2D eigenvalue weighted by molar-refractivity contribution is 7.85. The van der Waals surface area contributed by atoms with E-state index in [2.05, 4.69) is 0 Å². The van der Waals surface area contributed by atoms with Gasteiger partial charge in [0.25, 0.3) is 10.1 Å². The number of anilines is 2. The zero-order valence-electron chi connectivity index (χ0n) is 6.77. The fourth-order valence-corrected chi connectivity index (χ4v) is 1.53. The highest BCUT2D eigenvalue weighted by Crippen LogP contribution is 2.17. The van der Waals surface area contributed by atoms with Crippen LogP contribution in [0.3, 0.4) is 0 Å². The molecule has 1 aromatic rings. The summed E-state index contributed by atoms with van der Waals surface area (Å²) in [5.41, 5.74) is 12.0. The van der Waals surface area contributed by atoms with Crippen LogP contribution in [0.25, 0.3) is 0 Å². The predicted molar refractivity (Wildman–Crippen MR) is 50.5 cm³/mol.